The number of hydrogen-bond donors (Lipinski definition) is 1. The SMILES string of the molecule is COCCOCCCCNCc1ncccn1. The fourth-order valence-electron chi connectivity index (χ4n) is 1.32. The van der Waals surface area contributed by atoms with E-state index in [4.69, 9.17) is 9.47 Å². The molecule has 0 saturated heterocycles. The van der Waals surface area contributed by atoms with Gasteiger partial charge in [0.25, 0.3) is 0 Å². The fraction of sp³-hybridized carbons (Fsp3) is 0.667. The standard InChI is InChI=1S/C12H21N3O2/c1-16-9-10-17-8-3-2-5-13-11-12-14-6-4-7-15-12/h4,6-7,13H,2-3,5,8-11H2,1H3. The molecule has 0 spiro atoms. The van der Waals surface area contributed by atoms with Gasteiger partial charge in [-0.3, -0.25) is 0 Å². The van der Waals surface area contributed by atoms with Crippen molar-refractivity contribution in [1.82, 2.24) is 15.3 Å². The summed E-state index contributed by atoms with van der Waals surface area (Å²) in [6.07, 6.45) is 5.67. The first-order chi connectivity index (χ1) is 8.43. The highest BCUT2D eigenvalue weighted by atomic mass is 16.5. The van der Waals surface area contributed by atoms with Crippen LogP contribution in [0.5, 0.6) is 0 Å². The van der Waals surface area contributed by atoms with Crippen LogP contribution in [0.25, 0.3) is 0 Å². The van der Waals surface area contributed by atoms with Crippen LogP contribution in [0.2, 0.25) is 0 Å². The molecule has 0 saturated carbocycles. The molecule has 0 aliphatic heterocycles. The zero-order chi connectivity index (χ0) is 12.2. The first-order valence-electron chi connectivity index (χ1n) is 5.97. The van der Waals surface area contributed by atoms with Gasteiger partial charge in [-0.2, -0.15) is 0 Å². The maximum Gasteiger partial charge on any atom is 0.141 e. The summed E-state index contributed by atoms with van der Waals surface area (Å²) in [4.78, 5) is 8.27. The van der Waals surface area contributed by atoms with Crippen LogP contribution in [0.15, 0.2) is 18.5 Å². The van der Waals surface area contributed by atoms with Gasteiger partial charge in [-0.15, -0.1) is 0 Å². The minimum absolute atomic E-state index is 0.670. The number of unbranched alkanes of at least 4 members (excludes halogenated alkanes) is 1. The van der Waals surface area contributed by atoms with Crippen molar-refractivity contribution in [2.45, 2.75) is 19.4 Å². The molecule has 1 aromatic heterocycles. The van der Waals surface area contributed by atoms with E-state index < -0.39 is 0 Å². The molecule has 1 N–H and O–H groups in total. The predicted octanol–water partition coefficient (Wildman–Crippen LogP) is 1.01. The summed E-state index contributed by atoms with van der Waals surface area (Å²) in [5.41, 5.74) is 0. The second kappa shape index (κ2) is 10.1. The first kappa shape index (κ1) is 14.0. The summed E-state index contributed by atoms with van der Waals surface area (Å²) >= 11 is 0. The molecule has 0 fully saturated rings. The molecule has 0 radical (unpaired) electrons. The maximum absolute atomic E-state index is 5.36. The van der Waals surface area contributed by atoms with Gasteiger partial charge in [-0.05, 0) is 25.5 Å². The van der Waals surface area contributed by atoms with E-state index in [-0.39, 0.29) is 0 Å². The van der Waals surface area contributed by atoms with E-state index in [1.807, 2.05) is 6.07 Å². The Bertz CT molecular complexity index is 270. The van der Waals surface area contributed by atoms with E-state index in [1.54, 1.807) is 19.5 Å². The van der Waals surface area contributed by atoms with Gasteiger partial charge in [0.15, 0.2) is 0 Å². The zero-order valence-corrected chi connectivity index (χ0v) is 10.4. The molecule has 96 valence electrons. The maximum atomic E-state index is 5.36. The first-order valence-corrected chi connectivity index (χ1v) is 5.97. The third-order valence-corrected chi connectivity index (χ3v) is 2.23. The third-order valence-electron chi connectivity index (χ3n) is 2.23. The highest BCUT2D eigenvalue weighted by Crippen LogP contribution is 1.91. The summed E-state index contributed by atoms with van der Waals surface area (Å²) < 4.78 is 10.2. The van der Waals surface area contributed by atoms with Gasteiger partial charge < -0.3 is 14.8 Å². The second-order valence-electron chi connectivity index (χ2n) is 3.65. The molecule has 1 rings (SSSR count). The van der Waals surface area contributed by atoms with Crippen LogP contribution in [0.3, 0.4) is 0 Å². The van der Waals surface area contributed by atoms with Gasteiger partial charge in [0, 0.05) is 26.1 Å². The molecule has 0 atom stereocenters. The number of nitrogens with zero attached hydrogens (tertiary/aromatic N) is 2. The van der Waals surface area contributed by atoms with E-state index in [1.165, 1.54) is 0 Å². The summed E-state index contributed by atoms with van der Waals surface area (Å²) in [6.45, 7) is 3.84. The van der Waals surface area contributed by atoms with Crippen molar-refractivity contribution in [3.63, 3.8) is 0 Å². The fourth-order valence-corrected chi connectivity index (χ4v) is 1.32. The summed E-state index contributed by atoms with van der Waals surface area (Å²) in [7, 11) is 1.68. The van der Waals surface area contributed by atoms with Gasteiger partial charge in [0.2, 0.25) is 0 Å². The largest absolute Gasteiger partial charge is 0.382 e. The van der Waals surface area contributed by atoms with E-state index in [2.05, 4.69) is 15.3 Å². The van der Waals surface area contributed by atoms with Crippen LogP contribution in [-0.2, 0) is 16.0 Å². The average Bonchev–Trinajstić information content (AvgIpc) is 2.38. The lowest BCUT2D eigenvalue weighted by Gasteiger charge is -2.04. The van der Waals surface area contributed by atoms with Crippen molar-refractivity contribution in [1.29, 1.82) is 0 Å². The lowest BCUT2D eigenvalue weighted by molar-refractivity contribution is 0.0688. The molecule has 0 aliphatic carbocycles. The van der Waals surface area contributed by atoms with Gasteiger partial charge >= 0.3 is 0 Å². The van der Waals surface area contributed by atoms with Crippen molar-refractivity contribution in [2.75, 3.05) is 33.5 Å². The van der Waals surface area contributed by atoms with Crippen molar-refractivity contribution in [3.05, 3.63) is 24.3 Å². The Balaban J connectivity index is 1.85. The summed E-state index contributed by atoms with van der Waals surface area (Å²) in [5.74, 6) is 0.837. The Morgan fingerprint density at radius 2 is 1.94 bits per heavy atom. The van der Waals surface area contributed by atoms with Crippen LogP contribution in [0, 0.1) is 0 Å². The number of aromatic nitrogens is 2. The van der Waals surface area contributed by atoms with Crippen molar-refractivity contribution in [3.8, 4) is 0 Å². The number of ether oxygens (including phenoxy) is 2. The highest BCUT2D eigenvalue weighted by molar-refractivity contribution is 4.87. The van der Waals surface area contributed by atoms with Crippen LogP contribution in [0.1, 0.15) is 18.7 Å². The quantitative estimate of drug-likeness (QED) is 0.618. The van der Waals surface area contributed by atoms with Crippen LogP contribution >= 0.6 is 0 Å². The number of rotatable bonds is 10. The Hall–Kier alpha value is -1.04. The molecule has 0 unspecified atom stereocenters. The smallest absolute Gasteiger partial charge is 0.141 e. The summed E-state index contributed by atoms with van der Waals surface area (Å²) in [6, 6.07) is 1.82. The number of hydrogen-bond acceptors (Lipinski definition) is 5. The molecule has 0 aromatic carbocycles. The highest BCUT2D eigenvalue weighted by Gasteiger charge is 1.94. The Kier molecular flexibility index (Phi) is 8.36. The summed E-state index contributed by atoms with van der Waals surface area (Å²) in [5, 5.41) is 3.30. The molecule has 1 aromatic rings. The van der Waals surface area contributed by atoms with Gasteiger partial charge in [-0.1, -0.05) is 0 Å². The van der Waals surface area contributed by atoms with Crippen molar-refractivity contribution in [2.24, 2.45) is 0 Å². The van der Waals surface area contributed by atoms with E-state index in [0.29, 0.717) is 13.2 Å². The topological polar surface area (TPSA) is 56.3 Å². The molecule has 0 amide bonds. The van der Waals surface area contributed by atoms with Crippen LogP contribution < -0.4 is 5.32 Å². The zero-order valence-electron chi connectivity index (χ0n) is 10.4. The van der Waals surface area contributed by atoms with Gasteiger partial charge in [-0.25, -0.2) is 9.97 Å². The molecule has 0 bridgehead atoms. The molecular weight excluding hydrogens is 218 g/mol. The van der Waals surface area contributed by atoms with Crippen molar-refractivity contribution >= 4 is 0 Å². The minimum Gasteiger partial charge on any atom is -0.382 e. The molecule has 5 heteroatoms. The number of nitrogens with one attached hydrogen (secondary N) is 1. The Morgan fingerprint density at radius 1 is 1.12 bits per heavy atom. The van der Waals surface area contributed by atoms with Crippen LogP contribution in [-0.4, -0.2) is 43.4 Å². The van der Waals surface area contributed by atoms with E-state index in [9.17, 15) is 0 Å². The third kappa shape index (κ3) is 7.79. The van der Waals surface area contributed by atoms with Crippen LogP contribution in [0.4, 0.5) is 0 Å². The molecule has 5 nitrogen and oxygen atoms in total. The molecule has 17 heavy (non-hydrogen) atoms. The second-order valence-corrected chi connectivity index (χ2v) is 3.65. The normalized spacial score (nSPS) is 10.6. The Labute approximate surface area is 103 Å². The van der Waals surface area contributed by atoms with Crippen molar-refractivity contribution < 1.29 is 9.47 Å². The molecule has 1 heterocycles. The van der Waals surface area contributed by atoms with E-state index >= 15 is 0 Å². The molecular formula is C12H21N3O2. The Morgan fingerprint density at radius 3 is 2.71 bits per heavy atom. The van der Waals surface area contributed by atoms with E-state index in [0.717, 1.165) is 38.4 Å². The molecule has 0 aliphatic rings. The lowest BCUT2D eigenvalue weighted by atomic mass is 10.3. The minimum atomic E-state index is 0.670. The lowest BCUT2D eigenvalue weighted by Crippen LogP contribution is -2.17. The number of methoxy groups -OCH3 is 1. The average molecular weight is 239 g/mol. The monoisotopic (exact) mass is 239 g/mol. The van der Waals surface area contributed by atoms with Gasteiger partial charge in [0.05, 0.1) is 19.8 Å². The predicted molar refractivity (Wildman–Crippen MR) is 65.7 cm³/mol. The van der Waals surface area contributed by atoms with Gasteiger partial charge in [0.1, 0.15) is 5.82 Å².